The van der Waals surface area contributed by atoms with Gasteiger partial charge in [0.05, 0.1) is 0 Å². The zero-order valence-electron chi connectivity index (χ0n) is 10.2. The minimum absolute atomic E-state index is 0.898. The van der Waals surface area contributed by atoms with Crippen LogP contribution in [0.3, 0.4) is 0 Å². The standard InChI is InChI=1S/C17H11BrS/c18-10-12-9-11-5-1-2-6-13(11)17-16(12)14-7-3-4-8-15(14)19-17/h1-9H,10H2. The minimum Gasteiger partial charge on any atom is -0.135 e. The summed E-state index contributed by atoms with van der Waals surface area (Å²) in [4.78, 5) is 0. The number of halogens is 1. The van der Waals surface area contributed by atoms with Crippen LogP contribution in [-0.4, -0.2) is 0 Å². The van der Waals surface area contributed by atoms with Gasteiger partial charge in [-0.05, 0) is 28.5 Å². The van der Waals surface area contributed by atoms with E-state index in [0.717, 1.165) is 5.33 Å². The molecule has 92 valence electrons. The molecule has 0 aliphatic rings. The summed E-state index contributed by atoms with van der Waals surface area (Å²) >= 11 is 5.54. The third-order valence-electron chi connectivity index (χ3n) is 3.60. The molecule has 2 heteroatoms. The summed E-state index contributed by atoms with van der Waals surface area (Å²) < 4.78 is 2.78. The molecule has 0 amide bonds. The van der Waals surface area contributed by atoms with E-state index in [1.165, 1.54) is 36.5 Å². The molecule has 4 rings (SSSR count). The van der Waals surface area contributed by atoms with Gasteiger partial charge in [-0.1, -0.05) is 58.4 Å². The summed E-state index contributed by atoms with van der Waals surface area (Å²) in [5, 5.41) is 6.38. The Balaban J connectivity index is 2.34. The summed E-state index contributed by atoms with van der Waals surface area (Å²) in [6, 6.07) is 19.7. The average molecular weight is 327 g/mol. The van der Waals surface area contributed by atoms with Crippen LogP contribution in [0, 0.1) is 0 Å². The van der Waals surface area contributed by atoms with E-state index in [9.17, 15) is 0 Å². The molecule has 0 fully saturated rings. The molecule has 0 radical (unpaired) electrons. The average Bonchev–Trinajstić information content (AvgIpc) is 2.86. The number of benzene rings is 3. The van der Waals surface area contributed by atoms with Crippen LogP contribution in [-0.2, 0) is 5.33 Å². The largest absolute Gasteiger partial charge is 0.135 e. The monoisotopic (exact) mass is 326 g/mol. The van der Waals surface area contributed by atoms with Gasteiger partial charge < -0.3 is 0 Å². The van der Waals surface area contributed by atoms with E-state index in [0.29, 0.717) is 0 Å². The lowest BCUT2D eigenvalue weighted by molar-refractivity contribution is 1.53. The van der Waals surface area contributed by atoms with Crippen LogP contribution in [0.2, 0.25) is 0 Å². The quantitative estimate of drug-likeness (QED) is 0.370. The van der Waals surface area contributed by atoms with Crippen molar-refractivity contribution in [3.63, 3.8) is 0 Å². The third-order valence-corrected chi connectivity index (χ3v) is 5.40. The Morgan fingerprint density at radius 3 is 2.47 bits per heavy atom. The third kappa shape index (κ3) is 1.63. The number of rotatable bonds is 1. The second-order valence-electron chi connectivity index (χ2n) is 4.69. The first-order chi connectivity index (χ1) is 9.38. The van der Waals surface area contributed by atoms with Gasteiger partial charge in [-0.2, -0.15) is 0 Å². The predicted octanol–water partition coefficient (Wildman–Crippen LogP) is 6.10. The van der Waals surface area contributed by atoms with E-state index in [1.54, 1.807) is 0 Å². The highest BCUT2D eigenvalue weighted by atomic mass is 79.9. The van der Waals surface area contributed by atoms with Crippen LogP contribution in [0.1, 0.15) is 5.56 Å². The Labute approximate surface area is 123 Å². The Morgan fingerprint density at radius 1 is 0.895 bits per heavy atom. The topological polar surface area (TPSA) is 0 Å². The zero-order chi connectivity index (χ0) is 12.8. The van der Waals surface area contributed by atoms with Crippen molar-refractivity contribution in [1.82, 2.24) is 0 Å². The highest BCUT2D eigenvalue weighted by Gasteiger charge is 2.11. The van der Waals surface area contributed by atoms with Crippen molar-refractivity contribution in [2.24, 2.45) is 0 Å². The lowest BCUT2D eigenvalue weighted by Gasteiger charge is -2.05. The van der Waals surface area contributed by atoms with E-state index >= 15 is 0 Å². The maximum absolute atomic E-state index is 3.64. The highest BCUT2D eigenvalue weighted by Crippen LogP contribution is 2.40. The van der Waals surface area contributed by atoms with Crippen molar-refractivity contribution in [2.45, 2.75) is 5.33 Å². The fourth-order valence-electron chi connectivity index (χ4n) is 2.75. The van der Waals surface area contributed by atoms with Gasteiger partial charge in [0.15, 0.2) is 0 Å². The van der Waals surface area contributed by atoms with Crippen molar-refractivity contribution < 1.29 is 0 Å². The van der Waals surface area contributed by atoms with Crippen LogP contribution in [0.4, 0.5) is 0 Å². The number of fused-ring (bicyclic) bond motifs is 5. The minimum atomic E-state index is 0.898. The molecule has 0 bridgehead atoms. The molecule has 0 N–H and O–H groups in total. The van der Waals surface area contributed by atoms with Gasteiger partial charge in [0.25, 0.3) is 0 Å². The van der Waals surface area contributed by atoms with E-state index in [1.807, 2.05) is 11.3 Å². The number of alkyl halides is 1. The van der Waals surface area contributed by atoms with Gasteiger partial charge in [-0.15, -0.1) is 11.3 Å². The first-order valence-corrected chi connectivity index (χ1v) is 8.20. The number of hydrogen-bond acceptors (Lipinski definition) is 1. The van der Waals surface area contributed by atoms with Crippen molar-refractivity contribution >= 4 is 58.2 Å². The van der Waals surface area contributed by atoms with E-state index in [4.69, 9.17) is 0 Å². The van der Waals surface area contributed by atoms with Crippen LogP contribution in [0.15, 0.2) is 54.6 Å². The molecule has 0 atom stereocenters. The Bertz CT molecular complexity index is 905. The van der Waals surface area contributed by atoms with Crippen molar-refractivity contribution in [1.29, 1.82) is 0 Å². The molecule has 1 heterocycles. The zero-order valence-corrected chi connectivity index (χ0v) is 12.6. The molecular weight excluding hydrogens is 316 g/mol. The lowest BCUT2D eigenvalue weighted by Crippen LogP contribution is -1.81. The van der Waals surface area contributed by atoms with Gasteiger partial charge >= 0.3 is 0 Å². The van der Waals surface area contributed by atoms with Crippen molar-refractivity contribution in [3.05, 3.63) is 60.2 Å². The molecule has 0 saturated heterocycles. The molecule has 0 unspecified atom stereocenters. The lowest BCUT2D eigenvalue weighted by atomic mass is 10.0. The maximum atomic E-state index is 3.64. The summed E-state index contributed by atoms with van der Waals surface area (Å²) in [6.45, 7) is 0. The van der Waals surface area contributed by atoms with Gasteiger partial charge in [-0.3, -0.25) is 0 Å². The van der Waals surface area contributed by atoms with E-state index in [-0.39, 0.29) is 0 Å². The molecule has 4 aromatic rings. The molecular formula is C17H11BrS. The van der Waals surface area contributed by atoms with Crippen LogP contribution >= 0.6 is 27.3 Å². The van der Waals surface area contributed by atoms with Gasteiger partial charge in [0, 0.05) is 25.5 Å². The second kappa shape index (κ2) is 4.32. The molecule has 0 saturated carbocycles. The van der Waals surface area contributed by atoms with Gasteiger partial charge in [0.2, 0.25) is 0 Å². The fraction of sp³-hybridized carbons (Fsp3) is 0.0588. The van der Waals surface area contributed by atoms with Crippen LogP contribution in [0.25, 0.3) is 30.9 Å². The highest BCUT2D eigenvalue weighted by molar-refractivity contribution is 9.08. The van der Waals surface area contributed by atoms with Crippen LogP contribution < -0.4 is 0 Å². The second-order valence-corrected chi connectivity index (χ2v) is 6.31. The summed E-state index contributed by atoms with van der Waals surface area (Å²) in [7, 11) is 0. The Hall–Kier alpha value is -1.38. The normalized spacial score (nSPS) is 11.6. The number of thiophene rings is 1. The maximum Gasteiger partial charge on any atom is 0.0436 e. The molecule has 0 nitrogen and oxygen atoms in total. The number of hydrogen-bond donors (Lipinski definition) is 0. The fourth-order valence-corrected chi connectivity index (χ4v) is 4.48. The molecule has 3 aromatic carbocycles. The van der Waals surface area contributed by atoms with Gasteiger partial charge in [-0.25, -0.2) is 0 Å². The van der Waals surface area contributed by atoms with Crippen LogP contribution in [0.5, 0.6) is 0 Å². The smallest absolute Gasteiger partial charge is 0.0436 e. The first-order valence-electron chi connectivity index (χ1n) is 6.26. The van der Waals surface area contributed by atoms with Crippen molar-refractivity contribution in [3.8, 4) is 0 Å². The Morgan fingerprint density at radius 2 is 1.63 bits per heavy atom. The molecule has 19 heavy (non-hydrogen) atoms. The molecule has 1 aromatic heterocycles. The Kier molecular flexibility index (Phi) is 2.61. The SMILES string of the molecule is BrCc1cc2ccccc2c2sc3ccccc3c12. The molecule has 0 spiro atoms. The molecule has 0 aliphatic carbocycles. The van der Waals surface area contributed by atoms with E-state index < -0.39 is 0 Å². The summed E-state index contributed by atoms with van der Waals surface area (Å²) in [5.74, 6) is 0. The van der Waals surface area contributed by atoms with Gasteiger partial charge in [0.1, 0.15) is 0 Å². The summed E-state index contributed by atoms with van der Waals surface area (Å²) in [6.07, 6.45) is 0. The predicted molar refractivity (Wildman–Crippen MR) is 89.5 cm³/mol. The molecule has 0 aliphatic heterocycles. The first kappa shape index (κ1) is 11.4. The van der Waals surface area contributed by atoms with Crippen molar-refractivity contribution in [2.75, 3.05) is 0 Å². The van der Waals surface area contributed by atoms with E-state index in [2.05, 4.69) is 70.5 Å². The summed E-state index contributed by atoms with van der Waals surface area (Å²) in [5.41, 5.74) is 1.38.